The van der Waals surface area contributed by atoms with Crippen LogP contribution in [0.2, 0.25) is 0 Å². The maximum absolute atomic E-state index is 2.66. The van der Waals surface area contributed by atoms with Gasteiger partial charge in [0.15, 0.2) is 0 Å². The summed E-state index contributed by atoms with van der Waals surface area (Å²) in [4.78, 5) is 2.21. The van der Waals surface area contributed by atoms with Crippen molar-refractivity contribution in [1.82, 2.24) is 0 Å². The summed E-state index contributed by atoms with van der Waals surface area (Å²) >= 11 is 0. The smallest absolute Gasteiger partial charge is 0.0361 e. The minimum Gasteiger partial charge on any atom is -0.378 e. The maximum Gasteiger partial charge on any atom is 0.0361 e. The van der Waals surface area contributed by atoms with Crippen LogP contribution in [-0.4, -0.2) is 14.1 Å². The van der Waals surface area contributed by atoms with Gasteiger partial charge in [-0.1, -0.05) is 70.7 Å². The highest BCUT2D eigenvalue weighted by Gasteiger charge is 2.59. The fourth-order valence-corrected chi connectivity index (χ4v) is 7.26. The average molecular weight is 396 g/mol. The fourth-order valence-electron chi connectivity index (χ4n) is 7.26. The van der Waals surface area contributed by atoms with Gasteiger partial charge in [0, 0.05) is 25.7 Å². The van der Waals surface area contributed by atoms with E-state index in [4.69, 9.17) is 0 Å². The van der Waals surface area contributed by atoms with E-state index in [0.29, 0.717) is 22.7 Å². The number of anilines is 1. The Morgan fingerprint density at radius 1 is 1.07 bits per heavy atom. The first-order valence-corrected chi connectivity index (χ1v) is 12.1. The Morgan fingerprint density at radius 2 is 1.72 bits per heavy atom. The van der Waals surface area contributed by atoms with Crippen LogP contribution in [0.15, 0.2) is 35.4 Å². The zero-order valence-electron chi connectivity index (χ0n) is 20.4. The monoisotopic (exact) mass is 395 g/mol. The second kappa shape index (κ2) is 8.48. The van der Waals surface area contributed by atoms with Gasteiger partial charge in [0.05, 0.1) is 0 Å². The molecule has 1 nitrogen and oxygen atoms in total. The highest BCUT2D eigenvalue weighted by Crippen LogP contribution is 2.68. The van der Waals surface area contributed by atoms with E-state index < -0.39 is 0 Å². The lowest BCUT2D eigenvalue weighted by Crippen LogP contribution is -2.45. The summed E-state index contributed by atoms with van der Waals surface area (Å²) in [6, 6.07) is 9.48. The van der Waals surface area contributed by atoms with E-state index in [0.717, 1.165) is 5.92 Å². The van der Waals surface area contributed by atoms with Crippen molar-refractivity contribution < 1.29 is 0 Å². The molecular weight excluding hydrogens is 350 g/mol. The van der Waals surface area contributed by atoms with Gasteiger partial charge in [0.2, 0.25) is 0 Å². The Morgan fingerprint density at radius 3 is 2.28 bits per heavy atom. The molecule has 1 aromatic carbocycles. The van der Waals surface area contributed by atoms with Crippen LogP contribution in [0.1, 0.15) is 98.0 Å². The molecule has 0 heterocycles. The number of hydrogen-bond donors (Lipinski definition) is 0. The molecule has 0 spiro atoms. The molecule has 2 fully saturated rings. The van der Waals surface area contributed by atoms with Gasteiger partial charge in [-0.05, 0) is 79.4 Å². The number of fused-ring (bicyclic) bond motifs is 1. The molecule has 1 aromatic rings. The Balaban J connectivity index is 2.08. The summed E-state index contributed by atoms with van der Waals surface area (Å²) in [7, 11) is 4.27. The minimum absolute atomic E-state index is 0.448. The molecule has 29 heavy (non-hydrogen) atoms. The molecule has 0 radical (unpaired) electrons. The van der Waals surface area contributed by atoms with Crippen LogP contribution in [0, 0.1) is 22.7 Å². The van der Waals surface area contributed by atoms with Gasteiger partial charge < -0.3 is 4.90 Å². The highest BCUT2D eigenvalue weighted by molar-refractivity contribution is 5.48. The van der Waals surface area contributed by atoms with Crippen molar-refractivity contribution in [3.8, 4) is 0 Å². The average Bonchev–Trinajstić information content (AvgIpc) is 2.93. The molecule has 3 rings (SSSR count). The number of rotatable bonds is 6. The minimum atomic E-state index is 0.448. The fraction of sp³-hybridized carbons (Fsp3) is 0.714. The quantitative estimate of drug-likeness (QED) is 0.438. The van der Waals surface area contributed by atoms with Gasteiger partial charge in [0.1, 0.15) is 0 Å². The molecular formula is C28H45N. The van der Waals surface area contributed by atoms with Crippen molar-refractivity contribution in [3.63, 3.8) is 0 Å². The maximum atomic E-state index is 2.66. The predicted molar refractivity (Wildman–Crippen MR) is 129 cm³/mol. The molecule has 2 saturated carbocycles. The normalized spacial score (nSPS) is 36.1. The van der Waals surface area contributed by atoms with E-state index in [-0.39, 0.29) is 0 Å². The first-order valence-electron chi connectivity index (χ1n) is 12.1. The third-order valence-electron chi connectivity index (χ3n) is 9.03. The molecule has 2 aliphatic carbocycles. The van der Waals surface area contributed by atoms with Crippen LogP contribution in [-0.2, 0) is 0 Å². The Labute approximate surface area is 181 Å². The van der Waals surface area contributed by atoms with Gasteiger partial charge in [0.25, 0.3) is 0 Å². The van der Waals surface area contributed by atoms with Crippen molar-refractivity contribution in [1.29, 1.82) is 0 Å². The summed E-state index contributed by atoms with van der Waals surface area (Å²) in [6.45, 7) is 15.0. The molecule has 0 saturated heterocycles. The van der Waals surface area contributed by atoms with Gasteiger partial charge in [-0.25, -0.2) is 0 Å². The first kappa shape index (κ1) is 22.4. The predicted octanol–water partition coefficient (Wildman–Crippen LogP) is 8.22. The van der Waals surface area contributed by atoms with E-state index in [1.807, 2.05) is 0 Å². The zero-order chi connectivity index (χ0) is 21.4. The molecule has 0 aromatic heterocycles. The van der Waals surface area contributed by atoms with E-state index in [9.17, 15) is 0 Å². The van der Waals surface area contributed by atoms with Gasteiger partial charge in [-0.3, -0.25) is 0 Å². The third kappa shape index (κ3) is 3.79. The summed E-state index contributed by atoms with van der Waals surface area (Å²) in [5.41, 5.74) is 7.24. The lowest BCUT2D eigenvalue weighted by atomic mass is 9.51. The molecule has 0 N–H and O–H groups in total. The zero-order valence-corrected chi connectivity index (χ0v) is 20.4. The second-order valence-corrected chi connectivity index (χ2v) is 10.9. The van der Waals surface area contributed by atoms with E-state index in [1.165, 1.54) is 50.6 Å². The van der Waals surface area contributed by atoms with Crippen LogP contribution in [0.4, 0.5) is 5.69 Å². The third-order valence-corrected chi connectivity index (χ3v) is 9.03. The highest BCUT2D eigenvalue weighted by atomic mass is 15.1. The summed E-state index contributed by atoms with van der Waals surface area (Å²) < 4.78 is 0. The number of benzene rings is 1. The summed E-state index contributed by atoms with van der Waals surface area (Å²) in [6.07, 6.45) is 9.36. The van der Waals surface area contributed by atoms with E-state index in [2.05, 4.69) is 84.8 Å². The molecule has 2 aliphatic rings. The van der Waals surface area contributed by atoms with Crippen LogP contribution >= 0.6 is 0 Å². The molecule has 5 atom stereocenters. The number of allylic oxidation sites excluding steroid dienone is 2. The van der Waals surface area contributed by atoms with Gasteiger partial charge in [-0.2, -0.15) is 0 Å². The molecule has 0 bridgehead atoms. The van der Waals surface area contributed by atoms with Gasteiger partial charge in [-0.15, -0.1) is 0 Å². The number of hydrogen-bond acceptors (Lipinski definition) is 1. The van der Waals surface area contributed by atoms with Crippen molar-refractivity contribution in [3.05, 3.63) is 41.0 Å². The molecule has 0 unspecified atom stereocenters. The SMILES string of the molecule is CCC/C(C)=C1/[C@@H](C)[C@@H]2CC[C@](C)(CCC)[C@]2(C)C[C@@H]1c1ccc(N(C)C)cc1. The lowest BCUT2D eigenvalue weighted by molar-refractivity contribution is 0.00770. The molecule has 1 heteroatoms. The van der Waals surface area contributed by atoms with E-state index in [1.54, 1.807) is 16.7 Å². The first-order chi connectivity index (χ1) is 13.7. The van der Waals surface area contributed by atoms with Crippen molar-refractivity contribution >= 4 is 5.69 Å². The molecule has 162 valence electrons. The van der Waals surface area contributed by atoms with Crippen LogP contribution < -0.4 is 4.90 Å². The standard InChI is InChI=1S/C28H45N/c1-9-11-20(3)26-21(4)25-16-18-27(5,17-10-2)28(25,6)19-24(26)22-12-14-23(15-13-22)29(7)8/h12-15,21,24-25H,9-11,16-19H2,1-8H3/b26-20-/t21-,24+,25-,27-,28+/m0/s1. The van der Waals surface area contributed by atoms with Crippen LogP contribution in [0.5, 0.6) is 0 Å². The topological polar surface area (TPSA) is 3.24 Å². The summed E-state index contributed by atoms with van der Waals surface area (Å²) in [5, 5.41) is 0. The van der Waals surface area contributed by atoms with Crippen LogP contribution in [0.25, 0.3) is 0 Å². The van der Waals surface area contributed by atoms with Crippen molar-refractivity contribution in [2.45, 2.75) is 92.4 Å². The molecule has 0 aliphatic heterocycles. The lowest BCUT2D eigenvalue weighted by Gasteiger charge is -2.54. The van der Waals surface area contributed by atoms with E-state index >= 15 is 0 Å². The number of nitrogens with zero attached hydrogens (tertiary/aromatic N) is 1. The Kier molecular flexibility index (Phi) is 6.56. The second-order valence-electron chi connectivity index (χ2n) is 10.9. The van der Waals surface area contributed by atoms with Crippen molar-refractivity contribution in [2.24, 2.45) is 22.7 Å². The Hall–Kier alpha value is -1.24. The molecule has 0 amide bonds. The van der Waals surface area contributed by atoms with Crippen molar-refractivity contribution in [2.75, 3.05) is 19.0 Å². The Bertz CT molecular complexity index is 727. The summed E-state index contributed by atoms with van der Waals surface area (Å²) in [5.74, 6) is 2.14. The largest absolute Gasteiger partial charge is 0.378 e. The van der Waals surface area contributed by atoms with Crippen LogP contribution in [0.3, 0.4) is 0 Å². The van der Waals surface area contributed by atoms with Gasteiger partial charge >= 0.3 is 0 Å².